The van der Waals surface area contributed by atoms with E-state index in [1.54, 1.807) is 18.2 Å². The molecule has 0 aliphatic rings. The van der Waals surface area contributed by atoms with Gasteiger partial charge in [0.25, 0.3) is 5.91 Å². The maximum atomic E-state index is 13.2. The van der Waals surface area contributed by atoms with E-state index in [2.05, 4.69) is 20.6 Å². The summed E-state index contributed by atoms with van der Waals surface area (Å²) in [7, 11) is 0. The largest absolute Gasteiger partial charge is 0.340 e. The number of aromatic nitrogens is 2. The third kappa shape index (κ3) is 4.12. The molecular formula is C18H13ClF2N4O. The van der Waals surface area contributed by atoms with Crippen molar-refractivity contribution in [1.29, 1.82) is 0 Å². The summed E-state index contributed by atoms with van der Waals surface area (Å²) in [5.74, 6) is -2.21. The van der Waals surface area contributed by atoms with Crippen LogP contribution in [0, 0.1) is 18.6 Å². The van der Waals surface area contributed by atoms with E-state index in [1.165, 1.54) is 18.5 Å². The summed E-state index contributed by atoms with van der Waals surface area (Å²) in [4.78, 5) is 20.2. The van der Waals surface area contributed by atoms with Gasteiger partial charge in [0, 0.05) is 28.5 Å². The van der Waals surface area contributed by atoms with Crippen LogP contribution in [0.5, 0.6) is 0 Å². The predicted octanol–water partition coefficient (Wildman–Crippen LogP) is 4.71. The molecule has 132 valence electrons. The normalized spacial score (nSPS) is 10.5. The summed E-state index contributed by atoms with van der Waals surface area (Å²) in [6.45, 7) is 1.88. The Bertz CT molecular complexity index is 981. The number of hydrogen-bond acceptors (Lipinski definition) is 4. The number of anilines is 3. The molecule has 0 fully saturated rings. The highest BCUT2D eigenvalue weighted by atomic mass is 35.5. The molecule has 0 saturated carbocycles. The Labute approximate surface area is 153 Å². The van der Waals surface area contributed by atoms with Gasteiger partial charge >= 0.3 is 0 Å². The van der Waals surface area contributed by atoms with Crippen LogP contribution in [0.4, 0.5) is 26.0 Å². The number of carbonyl (C=O) groups is 1. The summed E-state index contributed by atoms with van der Waals surface area (Å²) >= 11 is 5.93. The van der Waals surface area contributed by atoms with Crippen LogP contribution < -0.4 is 10.6 Å². The fourth-order valence-corrected chi connectivity index (χ4v) is 2.45. The van der Waals surface area contributed by atoms with Gasteiger partial charge in [0.1, 0.15) is 17.8 Å². The summed E-state index contributed by atoms with van der Waals surface area (Å²) in [5.41, 5.74) is 1.87. The molecule has 0 unspecified atom stereocenters. The van der Waals surface area contributed by atoms with Crippen LogP contribution >= 0.6 is 11.6 Å². The highest BCUT2D eigenvalue weighted by Crippen LogP contribution is 2.23. The lowest BCUT2D eigenvalue weighted by Crippen LogP contribution is -2.14. The van der Waals surface area contributed by atoms with Gasteiger partial charge in [-0.25, -0.2) is 18.7 Å². The monoisotopic (exact) mass is 374 g/mol. The van der Waals surface area contributed by atoms with Crippen LogP contribution in [0.1, 0.15) is 16.1 Å². The highest BCUT2D eigenvalue weighted by Gasteiger charge is 2.11. The van der Waals surface area contributed by atoms with Gasteiger partial charge in [0.15, 0.2) is 11.6 Å². The molecule has 0 atom stereocenters. The summed E-state index contributed by atoms with van der Waals surface area (Å²) in [6, 6.07) is 9.85. The van der Waals surface area contributed by atoms with E-state index < -0.39 is 17.5 Å². The lowest BCUT2D eigenvalue weighted by atomic mass is 10.2. The molecule has 0 saturated heterocycles. The van der Waals surface area contributed by atoms with Gasteiger partial charge in [0.05, 0.1) is 0 Å². The van der Waals surface area contributed by atoms with Crippen LogP contribution in [0.2, 0.25) is 5.02 Å². The average molecular weight is 375 g/mol. The first-order valence-corrected chi connectivity index (χ1v) is 7.92. The first-order valence-electron chi connectivity index (χ1n) is 7.54. The molecule has 0 radical (unpaired) electrons. The Morgan fingerprint density at radius 3 is 2.58 bits per heavy atom. The van der Waals surface area contributed by atoms with Gasteiger partial charge in [0.2, 0.25) is 0 Å². The van der Waals surface area contributed by atoms with Crippen molar-refractivity contribution in [3.8, 4) is 0 Å². The van der Waals surface area contributed by atoms with Gasteiger partial charge in [-0.15, -0.1) is 0 Å². The number of rotatable bonds is 4. The zero-order valence-corrected chi connectivity index (χ0v) is 14.3. The van der Waals surface area contributed by atoms with Crippen LogP contribution in [0.15, 0.2) is 48.8 Å². The van der Waals surface area contributed by atoms with E-state index in [0.717, 1.165) is 23.4 Å². The van der Waals surface area contributed by atoms with Crippen molar-refractivity contribution in [2.45, 2.75) is 6.92 Å². The number of hydrogen-bond donors (Lipinski definition) is 2. The van der Waals surface area contributed by atoms with Gasteiger partial charge in [-0.3, -0.25) is 4.79 Å². The van der Waals surface area contributed by atoms with Crippen molar-refractivity contribution in [1.82, 2.24) is 9.97 Å². The minimum absolute atomic E-state index is 0.0684. The molecule has 26 heavy (non-hydrogen) atoms. The molecular weight excluding hydrogens is 362 g/mol. The number of aryl methyl sites for hydroxylation is 1. The van der Waals surface area contributed by atoms with E-state index in [9.17, 15) is 13.6 Å². The molecule has 2 N–H and O–H groups in total. The fraction of sp³-hybridized carbons (Fsp3) is 0.0556. The summed E-state index contributed by atoms with van der Waals surface area (Å²) < 4.78 is 26.2. The van der Waals surface area contributed by atoms with Crippen molar-refractivity contribution in [2.75, 3.05) is 10.6 Å². The molecule has 1 aromatic heterocycles. The van der Waals surface area contributed by atoms with Gasteiger partial charge in [-0.1, -0.05) is 11.6 Å². The molecule has 1 heterocycles. The third-order valence-corrected chi connectivity index (χ3v) is 3.76. The van der Waals surface area contributed by atoms with Crippen LogP contribution in [0.3, 0.4) is 0 Å². The second-order valence-corrected chi connectivity index (χ2v) is 5.89. The van der Waals surface area contributed by atoms with Crippen LogP contribution in [-0.4, -0.2) is 15.9 Å². The van der Waals surface area contributed by atoms with Gasteiger partial charge in [-0.05, 0) is 42.8 Å². The van der Waals surface area contributed by atoms with Crippen molar-refractivity contribution < 1.29 is 13.6 Å². The molecule has 3 aromatic rings. The zero-order chi connectivity index (χ0) is 18.7. The average Bonchev–Trinajstić information content (AvgIpc) is 2.61. The Balaban J connectivity index is 1.77. The third-order valence-electron chi connectivity index (χ3n) is 3.53. The summed E-state index contributed by atoms with van der Waals surface area (Å²) in [5, 5.41) is 6.14. The van der Waals surface area contributed by atoms with E-state index in [-0.39, 0.29) is 11.4 Å². The minimum atomic E-state index is -1.05. The second-order valence-electron chi connectivity index (χ2n) is 5.46. The van der Waals surface area contributed by atoms with Crippen molar-refractivity contribution in [2.24, 2.45) is 0 Å². The van der Waals surface area contributed by atoms with Crippen LogP contribution in [0.25, 0.3) is 0 Å². The number of benzene rings is 2. The Morgan fingerprint density at radius 1 is 1.04 bits per heavy atom. The maximum Gasteiger partial charge on any atom is 0.274 e. The number of nitrogens with zero attached hydrogens (tertiary/aromatic N) is 2. The van der Waals surface area contributed by atoms with Crippen LogP contribution in [-0.2, 0) is 0 Å². The van der Waals surface area contributed by atoms with E-state index in [4.69, 9.17) is 11.6 Å². The molecule has 0 aliphatic carbocycles. The summed E-state index contributed by atoms with van der Waals surface area (Å²) in [6.07, 6.45) is 1.23. The molecule has 3 rings (SSSR count). The highest BCUT2D eigenvalue weighted by molar-refractivity contribution is 6.30. The molecule has 2 aromatic carbocycles. The standard InChI is InChI=1S/C18H13ClF2N4O/c1-10-6-11(19)2-5-15(10)25-17-8-16(22-9-23-17)18(26)24-12-3-4-13(20)14(21)7-12/h2-9H,1H3,(H,24,26)(H,22,23,25). The Morgan fingerprint density at radius 2 is 1.85 bits per heavy atom. The quantitative estimate of drug-likeness (QED) is 0.694. The lowest BCUT2D eigenvalue weighted by molar-refractivity contribution is 0.102. The molecule has 0 bridgehead atoms. The Hall–Kier alpha value is -3.06. The molecule has 1 amide bonds. The topological polar surface area (TPSA) is 66.9 Å². The molecule has 8 heteroatoms. The van der Waals surface area contributed by atoms with Crippen molar-refractivity contribution >= 4 is 34.7 Å². The molecule has 0 aliphatic heterocycles. The van der Waals surface area contributed by atoms with Gasteiger partial charge < -0.3 is 10.6 Å². The first kappa shape index (κ1) is 17.8. The van der Waals surface area contributed by atoms with E-state index >= 15 is 0 Å². The van der Waals surface area contributed by atoms with Crippen molar-refractivity contribution in [3.63, 3.8) is 0 Å². The predicted molar refractivity (Wildman–Crippen MR) is 95.8 cm³/mol. The minimum Gasteiger partial charge on any atom is -0.340 e. The number of carbonyl (C=O) groups excluding carboxylic acids is 1. The molecule has 5 nitrogen and oxygen atoms in total. The second kappa shape index (κ2) is 7.45. The van der Waals surface area contributed by atoms with E-state index in [1.807, 2.05) is 6.92 Å². The Kier molecular flexibility index (Phi) is 5.09. The first-order chi connectivity index (χ1) is 12.4. The number of nitrogens with one attached hydrogen (secondary N) is 2. The molecule has 0 spiro atoms. The maximum absolute atomic E-state index is 13.2. The lowest BCUT2D eigenvalue weighted by Gasteiger charge is -2.10. The van der Waals surface area contributed by atoms with Gasteiger partial charge in [-0.2, -0.15) is 0 Å². The SMILES string of the molecule is Cc1cc(Cl)ccc1Nc1cc(C(=O)Nc2ccc(F)c(F)c2)ncn1. The fourth-order valence-electron chi connectivity index (χ4n) is 2.22. The number of halogens is 3. The number of amides is 1. The van der Waals surface area contributed by atoms with E-state index in [0.29, 0.717) is 10.8 Å². The zero-order valence-electron chi connectivity index (χ0n) is 13.6. The smallest absolute Gasteiger partial charge is 0.274 e. The van der Waals surface area contributed by atoms with Crippen molar-refractivity contribution in [3.05, 3.63) is 76.7 Å².